The topological polar surface area (TPSA) is 19.4 Å². The summed E-state index contributed by atoms with van der Waals surface area (Å²) in [6, 6.07) is 6.47. The highest BCUT2D eigenvalue weighted by molar-refractivity contribution is 6.42. The third-order valence-electron chi connectivity index (χ3n) is 3.41. The van der Waals surface area contributed by atoms with E-state index >= 15 is 0 Å². The second-order valence-electron chi connectivity index (χ2n) is 5.25. The summed E-state index contributed by atoms with van der Waals surface area (Å²) in [5.74, 6) is -0.368. The van der Waals surface area contributed by atoms with Gasteiger partial charge in [-0.25, -0.2) is 4.39 Å². The molecule has 114 valence electrons. The lowest BCUT2D eigenvalue weighted by atomic mass is 10.1. The summed E-state index contributed by atoms with van der Waals surface area (Å²) in [7, 11) is 1.99. The van der Waals surface area contributed by atoms with Gasteiger partial charge in [-0.05, 0) is 23.8 Å². The van der Waals surface area contributed by atoms with Crippen LogP contribution in [0.3, 0.4) is 0 Å². The van der Waals surface area contributed by atoms with Crippen LogP contribution in [0.25, 0.3) is 11.3 Å². The van der Waals surface area contributed by atoms with Crippen LogP contribution in [-0.4, -0.2) is 28.5 Å². The molecule has 1 aliphatic rings. The van der Waals surface area contributed by atoms with E-state index < -0.39 is 0 Å². The molecule has 0 aliphatic carbocycles. The van der Waals surface area contributed by atoms with Gasteiger partial charge in [0.15, 0.2) is 0 Å². The Kier molecular flexibility index (Phi) is 4.23. The van der Waals surface area contributed by atoms with Gasteiger partial charge in [0.25, 0.3) is 0 Å². The smallest absolute Gasteiger partial charge is 0.149 e. The third-order valence-corrected chi connectivity index (χ3v) is 4.15. The molecule has 0 unspecified atom stereocenters. The molecule has 0 N–H and O–H groups in total. The molecular formula is C16H14Cl2FN3. The van der Waals surface area contributed by atoms with Gasteiger partial charge >= 0.3 is 0 Å². The Bertz CT molecular complexity index is 733. The Labute approximate surface area is 138 Å². The molecule has 6 heteroatoms. The number of benzene rings is 1. The van der Waals surface area contributed by atoms with E-state index in [1.54, 1.807) is 24.4 Å². The fraction of sp³-hybridized carbons (Fsp3) is 0.188. The van der Waals surface area contributed by atoms with Crippen molar-refractivity contribution in [1.29, 1.82) is 0 Å². The lowest BCUT2D eigenvalue weighted by Gasteiger charge is -2.18. The van der Waals surface area contributed by atoms with E-state index in [-0.39, 0.29) is 11.5 Å². The van der Waals surface area contributed by atoms with Gasteiger partial charge in [-0.1, -0.05) is 29.3 Å². The number of halogens is 3. The molecule has 0 amide bonds. The van der Waals surface area contributed by atoms with Gasteiger partial charge < -0.3 is 9.80 Å². The summed E-state index contributed by atoms with van der Waals surface area (Å²) in [6.45, 7) is 1.41. The molecule has 0 spiro atoms. The largest absolute Gasteiger partial charge is 0.362 e. The molecule has 0 radical (unpaired) electrons. The van der Waals surface area contributed by atoms with Gasteiger partial charge in [-0.3, -0.25) is 4.98 Å². The van der Waals surface area contributed by atoms with Gasteiger partial charge in [-0.2, -0.15) is 0 Å². The van der Waals surface area contributed by atoms with Crippen LogP contribution >= 0.6 is 23.2 Å². The minimum atomic E-state index is -0.368. The molecule has 0 saturated carbocycles. The van der Waals surface area contributed by atoms with Crippen LogP contribution in [0.5, 0.6) is 0 Å². The van der Waals surface area contributed by atoms with Crippen LogP contribution in [-0.2, 0) is 6.54 Å². The van der Waals surface area contributed by atoms with Crippen molar-refractivity contribution in [2.24, 2.45) is 0 Å². The highest BCUT2D eigenvalue weighted by atomic mass is 35.5. The van der Waals surface area contributed by atoms with Crippen LogP contribution in [0.15, 0.2) is 42.9 Å². The monoisotopic (exact) mass is 337 g/mol. The molecule has 0 bridgehead atoms. The van der Waals surface area contributed by atoms with E-state index in [0.717, 1.165) is 12.2 Å². The standard InChI is InChI=1S/C16H14Cl2FN3/c1-21-4-5-22(10-21)9-11-6-15(19)16(20-8-11)12-2-3-13(17)14(18)7-12/h2-8H,9-10H2,1H3. The quantitative estimate of drug-likeness (QED) is 0.828. The van der Waals surface area contributed by atoms with E-state index in [4.69, 9.17) is 23.2 Å². The van der Waals surface area contributed by atoms with Crippen molar-refractivity contribution < 1.29 is 4.39 Å². The molecule has 0 atom stereocenters. The summed E-state index contributed by atoms with van der Waals surface area (Å²) in [5, 5.41) is 0.821. The Hall–Kier alpha value is -1.78. The second-order valence-corrected chi connectivity index (χ2v) is 6.06. The maximum Gasteiger partial charge on any atom is 0.149 e. The normalized spacial score (nSPS) is 14.0. The minimum absolute atomic E-state index is 0.274. The Morgan fingerprint density at radius 2 is 2.00 bits per heavy atom. The summed E-state index contributed by atoms with van der Waals surface area (Å²) >= 11 is 11.9. The van der Waals surface area contributed by atoms with Gasteiger partial charge in [0, 0.05) is 37.8 Å². The zero-order valence-electron chi connectivity index (χ0n) is 11.9. The molecule has 1 aromatic carbocycles. The maximum atomic E-state index is 14.3. The first-order valence-electron chi connectivity index (χ1n) is 6.75. The molecule has 22 heavy (non-hydrogen) atoms. The van der Waals surface area contributed by atoms with Crippen molar-refractivity contribution in [1.82, 2.24) is 14.8 Å². The third kappa shape index (κ3) is 3.18. The van der Waals surface area contributed by atoms with E-state index in [2.05, 4.69) is 9.88 Å². The molecular weight excluding hydrogens is 324 g/mol. The summed E-state index contributed by atoms with van der Waals surface area (Å²) < 4.78 is 14.3. The first kappa shape index (κ1) is 15.1. The van der Waals surface area contributed by atoms with Crippen molar-refractivity contribution in [3.05, 3.63) is 64.3 Å². The number of hydrogen-bond acceptors (Lipinski definition) is 3. The molecule has 2 aromatic rings. The summed E-state index contributed by atoms with van der Waals surface area (Å²) in [6.07, 6.45) is 5.64. The number of hydrogen-bond donors (Lipinski definition) is 0. The van der Waals surface area contributed by atoms with Gasteiger partial charge in [0.2, 0.25) is 0 Å². The summed E-state index contributed by atoms with van der Waals surface area (Å²) in [4.78, 5) is 8.37. The van der Waals surface area contributed by atoms with Crippen LogP contribution in [0.2, 0.25) is 10.0 Å². The Balaban J connectivity index is 1.82. The second kappa shape index (κ2) is 6.15. The minimum Gasteiger partial charge on any atom is -0.362 e. The van der Waals surface area contributed by atoms with Crippen LogP contribution in [0.1, 0.15) is 5.56 Å². The average molecular weight is 338 g/mol. The van der Waals surface area contributed by atoms with E-state index in [1.165, 1.54) is 6.07 Å². The van der Waals surface area contributed by atoms with Crippen LogP contribution in [0.4, 0.5) is 4.39 Å². The fourth-order valence-corrected chi connectivity index (χ4v) is 2.64. The zero-order chi connectivity index (χ0) is 15.7. The first-order chi connectivity index (χ1) is 10.5. The van der Waals surface area contributed by atoms with Crippen LogP contribution < -0.4 is 0 Å². The van der Waals surface area contributed by atoms with Crippen molar-refractivity contribution in [2.75, 3.05) is 13.7 Å². The molecule has 0 fully saturated rings. The van der Waals surface area contributed by atoms with Gasteiger partial charge in [0.05, 0.1) is 16.7 Å². The van der Waals surface area contributed by atoms with Gasteiger partial charge in [0.1, 0.15) is 11.5 Å². The highest BCUT2D eigenvalue weighted by Gasteiger charge is 2.13. The predicted molar refractivity (Wildman–Crippen MR) is 87.0 cm³/mol. The van der Waals surface area contributed by atoms with Crippen molar-refractivity contribution >= 4 is 23.2 Å². The Morgan fingerprint density at radius 3 is 2.64 bits per heavy atom. The first-order valence-corrected chi connectivity index (χ1v) is 7.51. The predicted octanol–water partition coefficient (Wildman–Crippen LogP) is 4.37. The SMILES string of the molecule is CN1C=CN(Cc2cnc(-c3ccc(Cl)c(Cl)c3)c(F)c2)C1. The summed E-state index contributed by atoms with van der Waals surface area (Å²) in [5.41, 5.74) is 1.71. The maximum absolute atomic E-state index is 14.3. The van der Waals surface area contributed by atoms with Crippen molar-refractivity contribution in [3.63, 3.8) is 0 Å². The highest BCUT2D eigenvalue weighted by Crippen LogP contribution is 2.29. The average Bonchev–Trinajstić information content (AvgIpc) is 2.87. The number of aromatic nitrogens is 1. The van der Waals surface area contributed by atoms with E-state index in [1.807, 2.05) is 24.3 Å². The van der Waals surface area contributed by atoms with Crippen molar-refractivity contribution in [2.45, 2.75) is 6.54 Å². The number of nitrogens with zero attached hydrogens (tertiary/aromatic N) is 3. The van der Waals surface area contributed by atoms with E-state index in [9.17, 15) is 4.39 Å². The zero-order valence-corrected chi connectivity index (χ0v) is 13.4. The molecule has 2 heterocycles. The van der Waals surface area contributed by atoms with Crippen molar-refractivity contribution in [3.8, 4) is 11.3 Å². The molecule has 1 aromatic heterocycles. The van der Waals surface area contributed by atoms with Crippen LogP contribution in [0, 0.1) is 5.82 Å². The number of pyridine rings is 1. The molecule has 3 nitrogen and oxygen atoms in total. The molecule has 3 rings (SSSR count). The molecule has 1 aliphatic heterocycles. The van der Waals surface area contributed by atoms with E-state index in [0.29, 0.717) is 22.2 Å². The lowest BCUT2D eigenvalue weighted by molar-refractivity contribution is 0.290. The fourth-order valence-electron chi connectivity index (χ4n) is 2.35. The number of rotatable bonds is 3. The lowest BCUT2D eigenvalue weighted by Crippen LogP contribution is -2.22. The van der Waals surface area contributed by atoms with Gasteiger partial charge in [-0.15, -0.1) is 0 Å². The Morgan fingerprint density at radius 1 is 1.18 bits per heavy atom. The molecule has 0 saturated heterocycles.